The molecule has 0 bridgehead atoms. The smallest absolute Gasteiger partial charge is 0.162 e. The average Bonchev–Trinajstić information content (AvgIpc) is 2.98. The number of halogens is 1. The van der Waals surface area contributed by atoms with Gasteiger partial charge in [-0.15, -0.1) is 11.3 Å². The number of aryl methyl sites for hydroxylation is 1. The molecule has 2 rings (SSSR count). The van der Waals surface area contributed by atoms with Crippen LogP contribution in [0.2, 0.25) is 5.02 Å². The van der Waals surface area contributed by atoms with Crippen LogP contribution >= 0.6 is 22.9 Å². The molecule has 5 heteroatoms. The molecule has 1 unspecified atom stereocenters. The van der Waals surface area contributed by atoms with Crippen molar-refractivity contribution >= 4 is 22.9 Å². The number of hydrogen-bond acceptors (Lipinski definition) is 4. The third-order valence-corrected chi connectivity index (χ3v) is 5.04. The maximum absolute atomic E-state index is 6.43. The zero-order chi connectivity index (χ0) is 15.4. The molecule has 1 aromatic heterocycles. The van der Waals surface area contributed by atoms with E-state index in [4.69, 9.17) is 21.1 Å². The molecule has 0 amide bonds. The molecule has 3 nitrogen and oxygen atoms in total. The van der Waals surface area contributed by atoms with Crippen LogP contribution in [0.1, 0.15) is 28.3 Å². The molecule has 114 valence electrons. The molecular formula is C16H20ClNO2S. The van der Waals surface area contributed by atoms with E-state index in [9.17, 15) is 0 Å². The van der Waals surface area contributed by atoms with Crippen LogP contribution in [0.3, 0.4) is 0 Å². The van der Waals surface area contributed by atoms with Crippen molar-refractivity contribution in [1.82, 2.24) is 5.32 Å². The van der Waals surface area contributed by atoms with E-state index < -0.39 is 0 Å². The molecule has 0 aliphatic carbocycles. The first-order valence-corrected chi connectivity index (χ1v) is 8.01. The molecule has 0 saturated carbocycles. The molecule has 0 saturated heterocycles. The quantitative estimate of drug-likeness (QED) is 0.859. The molecule has 21 heavy (non-hydrogen) atoms. The highest BCUT2D eigenvalue weighted by Gasteiger charge is 2.20. The fourth-order valence-corrected chi connectivity index (χ4v) is 3.63. The Morgan fingerprint density at radius 2 is 1.86 bits per heavy atom. The number of thiophene rings is 1. The highest BCUT2D eigenvalue weighted by Crippen LogP contribution is 2.39. The third-order valence-electron chi connectivity index (χ3n) is 3.42. The third kappa shape index (κ3) is 3.34. The van der Waals surface area contributed by atoms with Crippen LogP contribution in [0.5, 0.6) is 11.5 Å². The summed E-state index contributed by atoms with van der Waals surface area (Å²) in [6.45, 7) is 2.16. The van der Waals surface area contributed by atoms with E-state index in [-0.39, 0.29) is 6.04 Å². The minimum absolute atomic E-state index is 0.0441. The topological polar surface area (TPSA) is 30.5 Å². The second kappa shape index (κ2) is 7.16. The fourth-order valence-electron chi connectivity index (χ4n) is 2.28. The first-order chi connectivity index (χ1) is 10.1. The lowest BCUT2D eigenvalue weighted by atomic mass is 10.0. The van der Waals surface area contributed by atoms with Crippen molar-refractivity contribution in [2.45, 2.75) is 19.4 Å². The van der Waals surface area contributed by atoms with Gasteiger partial charge in [0.15, 0.2) is 11.5 Å². The molecule has 1 atom stereocenters. The van der Waals surface area contributed by atoms with E-state index in [1.165, 1.54) is 9.75 Å². The number of ether oxygens (including phenoxy) is 2. The molecular weight excluding hydrogens is 306 g/mol. The molecule has 1 heterocycles. The van der Waals surface area contributed by atoms with Crippen molar-refractivity contribution in [2.75, 3.05) is 21.3 Å². The summed E-state index contributed by atoms with van der Waals surface area (Å²) in [5.74, 6) is 1.32. The number of benzene rings is 1. The van der Waals surface area contributed by atoms with Gasteiger partial charge in [-0.3, -0.25) is 0 Å². The predicted octanol–water partition coefficient (Wildman–Crippen LogP) is 4.29. The van der Waals surface area contributed by atoms with Crippen molar-refractivity contribution in [1.29, 1.82) is 0 Å². The molecule has 0 fully saturated rings. The van der Waals surface area contributed by atoms with E-state index in [1.807, 2.05) is 13.1 Å². The van der Waals surface area contributed by atoms with Crippen LogP contribution in [-0.2, 0) is 6.42 Å². The van der Waals surface area contributed by atoms with Crippen LogP contribution in [0.4, 0.5) is 0 Å². The maximum Gasteiger partial charge on any atom is 0.162 e. The van der Waals surface area contributed by atoms with E-state index in [2.05, 4.69) is 24.4 Å². The minimum Gasteiger partial charge on any atom is -0.493 e. The summed E-state index contributed by atoms with van der Waals surface area (Å²) in [4.78, 5) is 2.60. The Bertz CT molecular complexity index is 612. The first-order valence-electron chi connectivity index (χ1n) is 6.81. The molecule has 1 N–H and O–H groups in total. The maximum atomic E-state index is 6.43. The molecule has 0 aliphatic heterocycles. The van der Waals surface area contributed by atoms with Crippen molar-refractivity contribution < 1.29 is 9.47 Å². The van der Waals surface area contributed by atoms with E-state index in [1.54, 1.807) is 31.6 Å². The largest absolute Gasteiger partial charge is 0.493 e. The van der Waals surface area contributed by atoms with Crippen LogP contribution in [0.15, 0.2) is 24.3 Å². The highest BCUT2D eigenvalue weighted by molar-refractivity contribution is 7.12. The second-order valence-electron chi connectivity index (χ2n) is 4.61. The van der Waals surface area contributed by atoms with Crippen LogP contribution < -0.4 is 14.8 Å². The number of nitrogens with one attached hydrogen (secondary N) is 1. The van der Waals surface area contributed by atoms with Crippen LogP contribution in [0, 0.1) is 0 Å². The summed E-state index contributed by atoms with van der Waals surface area (Å²) >= 11 is 8.23. The van der Waals surface area contributed by atoms with Crippen LogP contribution in [0.25, 0.3) is 0 Å². The summed E-state index contributed by atoms with van der Waals surface area (Å²) in [7, 11) is 5.17. The Balaban J connectivity index is 2.46. The zero-order valence-electron chi connectivity index (χ0n) is 12.7. The SMILES string of the molecule is CCc1ccc(C(NC)c2cc(OC)c(OC)cc2Cl)s1. The lowest BCUT2D eigenvalue weighted by Gasteiger charge is -2.19. The normalized spacial score (nSPS) is 12.2. The molecule has 1 aromatic carbocycles. The van der Waals surface area contributed by atoms with E-state index >= 15 is 0 Å². The Labute approximate surface area is 134 Å². The van der Waals surface area contributed by atoms with Gasteiger partial charge in [-0.1, -0.05) is 18.5 Å². The van der Waals surface area contributed by atoms with Crippen molar-refractivity contribution in [3.63, 3.8) is 0 Å². The predicted molar refractivity (Wildman–Crippen MR) is 89.2 cm³/mol. The first kappa shape index (κ1) is 16.1. The standard InChI is InChI=1S/C16H20ClNO2S/c1-5-10-6-7-15(21-10)16(18-2)11-8-13(19-3)14(20-4)9-12(11)17/h6-9,16,18H,5H2,1-4H3. The van der Waals surface area contributed by atoms with Crippen molar-refractivity contribution in [3.8, 4) is 11.5 Å². The molecule has 0 radical (unpaired) electrons. The summed E-state index contributed by atoms with van der Waals surface area (Å²) in [5.41, 5.74) is 0.987. The van der Waals surface area contributed by atoms with Gasteiger partial charge in [-0.05, 0) is 37.2 Å². The van der Waals surface area contributed by atoms with Gasteiger partial charge in [0, 0.05) is 20.8 Å². The second-order valence-corrected chi connectivity index (χ2v) is 6.22. The van der Waals surface area contributed by atoms with Crippen molar-refractivity contribution in [3.05, 3.63) is 44.6 Å². The summed E-state index contributed by atoms with van der Waals surface area (Å²) in [6, 6.07) is 8.10. The average molecular weight is 326 g/mol. The number of methoxy groups -OCH3 is 2. The summed E-state index contributed by atoms with van der Waals surface area (Å²) in [5, 5.41) is 4.00. The lowest BCUT2D eigenvalue weighted by molar-refractivity contribution is 0.354. The molecule has 2 aromatic rings. The Kier molecular flexibility index (Phi) is 5.51. The van der Waals surface area contributed by atoms with Gasteiger partial charge in [0.25, 0.3) is 0 Å². The molecule has 0 aliphatic rings. The number of rotatable bonds is 6. The Morgan fingerprint density at radius 1 is 1.19 bits per heavy atom. The van der Waals surface area contributed by atoms with Crippen molar-refractivity contribution in [2.24, 2.45) is 0 Å². The van der Waals surface area contributed by atoms with Gasteiger partial charge in [-0.25, -0.2) is 0 Å². The van der Waals surface area contributed by atoms with Gasteiger partial charge >= 0.3 is 0 Å². The lowest BCUT2D eigenvalue weighted by Crippen LogP contribution is -2.17. The van der Waals surface area contributed by atoms with Crippen LogP contribution in [-0.4, -0.2) is 21.3 Å². The van der Waals surface area contributed by atoms with Gasteiger partial charge in [-0.2, -0.15) is 0 Å². The van der Waals surface area contributed by atoms with Gasteiger partial charge in [0.2, 0.25) is 0 Å². The van der Waals surface area contributed by atoms with Gasteiger partial charge in [0.05, 0.1) is 20.3 Å². The van der Waals surface area contributed by atoms with E-state index in [0.29, 0.717) is 16.5 Å². The Hall–Kier alpha value is -1.23. The monoisotopic (exact) mass is 325 g/mol. The zero-order valence-corrected chi connectivity index (χ0v) is 14.3. The minimum atomic E-state index is 0.0441. The Morgan fingerprint density at radius 3 is 2.38 bits per heavy atom. The van der Waals surface area contributed by atoms with Gasteiger partial charge < -0.3 is 14.8 Å². The van der Waals surface area contributed by atoms with E-state index in [0.717, 1.165) is 12.0 Å². The summed E-state index contributed by atoms with van der Waals surface area (Å²) < 4.78 is 10.7. The molecule has 0 spiro atoms. The summed E-state index contributed by atoms with van der Waals surface area (Å²) in [6.07, 6.45) is 1.04. The van der Waals surface area contributed by atoms with Gasteiger partial charge in [0.1, 0.15) is 0 Å². The fraction of sp³-hybridized carbons (Fsp3) is 0.375. The highest BCUT2D eigenvalue weighted by atomic mass is 35.5. The number of hydrogen-bond donors (Lipinski definition) is 1.